The first kappa shape index (κ1) is 15.8. The highest BCUT2D eigenvalue weighted by Gasteiger charge is 2.46. The molecule has 0 bridgehead atoms. The average molecular weight is 296 g/mol. The Balaban J connectivity index is 2.17. The number of hydrogen-bond acceptors (Lipinski definition) is 3. The van der Waals surface area contributed by atoms with E-state index in [1.165, 1.54) is 0 Å². The number of rotatable bonds is 2. The number of fused-ring (bicyclic) bond motifs is 1. The van der Waals surface area contributed by atoms with Crippen molar-refractivity contribution >= 4 is 14.3 Å². The molecule has 4 atom stereocenters. The van der Waals surface area contributed by atoms with Crippen LogP contribution in [0.15, 0.2) is 12.2 Å². The van der Waals surface area contributed by atoms with Gasteiger partial charge in [-0.15, -0.1) is 0 Å². The van der Waals surface area contributed by atoms with Crippen LogP contribution in [-0.2, 0) is 14.0 Å². The smallest absolute Gasteiger partial charge is 0.309 e. The second kappa shape index (κ2) is 5.30. The number of cyclic esters (lactones) is 1. The Morgan fingerprint density at radius 3 is 2.55 bits per heavy atom. The third-order valence-electron chi connectivity index (χ3n) is 5.13. The summed E-state index contributed by atoms with van der Waals surface area (Å²) >= 11 is 0. The third-order valence-corrected chi connectivity index (χ3v) is 9.63. The molecular formula is C16H28O3Si. The topological polar surface area (TPSA) is 35.5 Å². The van der Waals surface area contributed by atoms with E-state index >= 15 is 0 Å². The summed E-state index contributed by atoms with van der Waals surface area (Å²) < 4.78 is 11.9. The number of carbonyl (C=O) groups is 1. The Bertz CT molecular complexity index is 408. The van der Waals surface area contributed by atoms with E-state index in [0.29, 0.717) is 12.5 Å². The van der Waals surface area contributed by atoms with Crippen LogP contribution in [-0.4, -0.2) is 27.0 Å². The lowest BCUT2D eigenvalue weighted by Crippen LogP contribution is -2.52. The predicted molar refractivity (Wildman–Crippen MR) is 82.9 cm³/mol. The molecule has 0 amide bonds. The van der Waals surface area contributed by atoms with Gasteiger partial charge in [0.2, 0.25) is 0 Å². The van der Waals surface area contributed by atoms with E-state index in [4.69, 9.17) is 9.16 Å². The Kier molecular flexibility index (Phi) is 4.18. The molecular weight excluding hydrogens is 268 g/mol. The number of esters is 1. The predicted octanol–water partition coefficient (Wildman–Crippen LogP) is 3.76. The fraction of sp³-hybridized carbons (Fsp3) is 0.812. The maximum atomic E-state index is 12.0. The molecule has 0 spiro atoms. The molecule has 2 rings (SSSR count). The Morgan fingerprint density at radius 2 is 1.95 bits per heavy atom. The highest BCUT2D eigenvalue weighted by atomic mass is 28.4. The summed E-state index contributed by atoms with van der Waals surface area (Å²) in [6.45, 7) is 13.8. The molecule has 20 heavy (non-hydrogen) atoms. The second-order valence-electron chi connectivity index (χ2n) is 7.83. The molecule has 1 aliphatic heterocycles. The molecule has 0 N–H and O–H groups in total. The zero-order chi connectivity index (χ0) is 15.1. The van der Waals surface area contributed by atoms with E-state index in [9.17, 15) is 4.79 Å². The van der Waals surface area contributed by atoms with Crippen LogP contribution in [0.25, 0.3) is 0 Å². The molecule has 0 aromatic carbocycles. The van der Waals surface area contributed by atoms with Gasteiger partial charge in [0.15, 0.2) is 8.32 Å². The van der Waals surface area contributed by atoms with Gasteiger partial charge in [0, 0.05) is 5.92 Å². The largest absolute Gasteiger partial charge is 0.463 e. The van der Waals surface area contributed by atoms with Crippen molar-refractivity contribution in [1.29, 1.82) is 0 Å². The van der Waals surface area contributed by atoms with Crippen molar-refractivity contribution in [2.45, 2.75) is 58.4 Å². The van der Waals surface area contributed by atoms with Gasteiger partial charge in [-0.3, -0.25) is 4.79 Å². The molecule has 0 saturated carbocycles. The van der Waals surface area contributed by atoms with E-state index in [1.54, 1.807) is 0 Å². The van der Waals surface area contributed by atoms with Gasteiger partial charge >= 0.3 is 5.97 Å². The van der Waals surface area contributed by atoms with Gasteiger partial charge in [-0.05, 0) is 30.5 Å². The summed E-state index contributed by atoms with van der Waals surface area (Å²) in [7, 11) is -1.83. The highest BCUT2D eigenvalue weighted by Crippen LogP contribution is 2.42. The molecule has 1 saturated heterocycles. The molecule has 114 valence electrons. The second-order valence-corrected chi connectivity index (χ2v) is 12.6. The molecule has 0 aromatic heterocycles. The Hall–Kier alpha value is -0.613. The summed E-state index contributed by atoms with van der Waals surface area (Å²) in [5, 5.41) is 0.176. The zero-order valence-corrected chi connectivity index (χ0v) is 14.6. The average Bonchev–Trinajstić information content (AvgIpc) is 2.31. The van der Waals surface area contributed by atoms with Gasteiger partial charge in [-0.25, -0.2) is 0 Å². The molecule has 0 aromatic rings. The van der Waals surface area contributed by atoms with Gasteiger partial charge in [0.25, 0.3) is 0 Å². The zero-order valence-electron chi connectivity index (χ0n) is 13.6. The van der Waals surface area contributed by atoms with Crippen LogP contribution >= 0.6 is 0 Å². The van der Waals surface area contributed by atoms with Crippen molar-refractivity contribution in [2.75, 3.05) is 6.61 Å². The fourth-order valence-electron chi connectivity index (χ4n) is 2.77. The number of carbonyl (C=O) groups excluding carboxylic acids is 1. The van der Waals surface area contributed by atoms with Crippen LogP contribution in [0.3, 0.4) is 0 Å². The lowest BCUT2D eigenvalue weighted by Gasteiger charge is -2.45. The highest BCUT2D eigenvalue weighted by molar-refractivity contribution is 6.74. The molecule has 3 nitrogen and oxygen atoms in total. The van der Waals surface area contributed by atoms with Crippen LogP contribution in [0.1, 0.15) is 34.1 Å². The number of allylic oxidation sites excluding steroid dienone is 1. The maximum Gasteiger partial charge on any atom is 0.309 e. The van der Waals surface area contributed by atoms with Crippen LogP contribution in [0.5, 0.6) is 0 Å². The van der Waals surface area contributed by atoms with Crippen molar-refractivity contribution in [1.82, 2.24) is 0 Å². The molecule has 1 aliphatic carbocycles. The van der Waals surface area contributed by atoms with E-state index in [2.05, 4.69) is 52.9 Å². The number of hydrogen-bond donors (Lipinski definition) is 0. The lowest BCUT2D eigenvalue weighted by atomic mass is 9.76. The van der Waals surface area contributed by atoms with Crippen molar-refractivity contribution in [3.8, 4) is 0 Å². The van der Waals surface area contributed by atoms with E-state index in [0.717, 1.165) is 6.42 Å². The summed E-state index contributed by atoms with van der Waals surface area (Å²) in [6, 6.07) is 0. The molecule has 0 radical (unpaired) electrons. The van der Waals surface area contributed by atoms with Crippen LogP contribution in [0.4, 0.5) is 0 Å². The quantitative estimate of drug-likeness (QED) is 0.442. The SMILES string of the molecule is C[C@H]1C=C[C@H]2[C@@H](O[Si](C)(C)C(C)(C)C)COC(=O)[C@H]2C1. The first-order valence-electron chi connectivity index (χ1n) is 7.64. The first-order valence-corrected chi connectivity index (χ1v) is 10.6. The van der Waals surface area contributed by atoms with Crippen molar-refractivity contribution in [2.24, 2.45) is 17.8 Å². The summed E-state index contributed by atoms with van der Waals surface area (Å²) in [6.07, 6.45) is 5.33. The van der Waals surface area contributed by atoms with Crippen LogP contribution in [0, 0.1) is 17.8 Å². The van der Waals surface area contributed by atoms with Crippen molar-refractivity contribution in [3.05, 3.63) is 12.2 Å². The normalized spacial score (nSPS) is 34.6. The minimum absolute atomic E-state index is 0.0153. The van der Waals surface area contributed by atoms with Gasteiger partial charge in [-0.2, -0.15) is 0 Å². The molecule has 1 fully saturated rings. The Morgan fingerprint density at radius 1 is 1.30 bits per heavy atom. The van der Waals surface area contributed by atoms with Gasteiger partial charge < -0.3 is 9.16 Å². The van der Waals surface area contributed by atoms with Crippen molar-refractivity contribution in [3.63, 3.8) is 0 Å². The van der Waals surface area contributed by atoms with Crippen molar-refractivity contribution < 1.29 is 14.0 Å². The summed E-state index contributed by atoms with van der Waals surface area (Å²) in [4.78, 5) is 12.0. The fourth-order valence-corrected chi connectivity index (χ4v) is 4.11. The summed E-state index contributed by atoms with van der Waals surface area (Å²) in [5.41, 5.74) is 0. The van der Waals surface area contributed by atoms with Gasteiger partial charge in [0.1, 0.15) is 6.61 Å². The summed E-state index contributed by atoms with van der Waals surface area (Å²) in [5.74, 6) is 0.594. The monoisotopic (exact) mass is 296 g/mol. The third kappa shape index (κ3) is 3.01. The van der Waals surface area contributed by atoms with Crippen LogP contribution in [0.2, 0.25) is 18.1 Å². The number of ether oxygens (including phenoxy) is 1. The molecule has 0 unspecified atom stereocenters. The molecule has 2 aliphatic rings. The van der Waals surface area contributed by atoms with Gasteiger partial charge in [0.05, 0.1) is 12.0 Å². The lowest BCUT2D eigenvalue weighted by molar-refractivity contribution is -0.164. The molecule has 1 heterocycles. The Labute approximate surface area is 123 Å². The minimum atomic E-state index is -1.83. The first-order chi connectivity index (χ1) is 9.12. The minimum Gasteiger partial charge on any atom is -0.463 e. The van der Waals surface area contributed by atoms with Gasteiger partial charge in [-0.1, -0.05) is 39.8 Å². The van der Waals surface area contributed by atoms with Crippen LogP contribution < -0.4 is 0 Å². The van der Waals surface area contributed by atoms with E-state index in [-0.39, 0.29) is 28.9 Å². The molecule has 4 heteroatoms. The van der Waals surface area contributed by atoms with E-state index in [1.807, 2.05) is 0 Å². The van der Waals surface area contributed by atoms with E-state index < -0.39 is 8.32 Å². The maximum absolute atomic E-state index is 12.0. The standard InChI is InChI=1S/C16H28O3Si/c1-11-7-8-12-13(9-11)15(17)18-10-14(12)19-20(5,6)16(2,3)4/h7-8,11-14H,9-10H2,1-6H3/t11-,12+,13-,14-/m0/s1.